The monoisotopic (exact) mass is 262 g/mol. The number of hydrogen-bond donors (Lipinski definition) is 0. The van der Waals surface area contributed by atoms with E-state index in [2.05, 4.69) is 12.2 Å². The Kier molecular flexibility index (Phi) is 4.98. The van der Waals surface area contributed by atoms with E-state index in [1.807, 2.05) is 0 Å². The molecule has 2 aliphatic carbocycles. The standard InChI is InChI=1S/C18H30O/c1-2-6-15-7-4-8-16(15)10-11-18-14-17(18)9-5-13-19-12-3-1/h5,9,15-18H,1-4,6-8,10-14H2/b9-5-. The average molecular weight is 262 g/mol. The summed E-state index contributed by atoms with van der Waals surface area (Å²) >= 11 is 0. The minimum atomic E-state index is 0.842. The molecule has 2 fully saturated rings. The van der Waals surface area contributed by atoms with Crippen molar-refractivity contribution in [2.24, 2.45) is 23.7 Å². The largest absolute Gasteiger partial charge is 0.377 e. The first kappa shape index (κ1) is 13.7. The van der Waals surface area contributed by atoms with Gasteiger partial charge in [-0.05, 0) is 49.4 Å². The van der Waals surface area contributed by atoms with Crippen molar-refractivity contribution in [3.05, 3.63) is 12.2 Å². The summed E-state index contributed by atoms with van der Waals surface area (Å²) in [6.45, 7) is 1.81. The van der Waals surface area contributed by atoms with Crippen LogP contribution in [-0.2, 0) is 4.74 Å². The van der Waals surface area contributed by atoms with E-state index in [4.69, 9.17) is 4.74 Å². The number of ether oxygens (including phenoxy) is 1. The maximum atomic E-state index is 5.68. The van der Waals surface area contributed by atoms with E-state index < -0.39 is 0 Å². The Balaban J connectivity index is 1.51. The van der Waals surface area contributed by atoms with Crippen molar-refractivity contribution in [3.63, 3.8) is 0 Å². The third kappa shape index (κ3) is 4.08. The molecule has 0 bridgehead atoms. The number of allylic oxidation sites excluding steroid dienone is 1. The molecule has 1 heteroatoms. The molecule has 4 unspecified atom stereocenters. The van der Waals surface area contributed by atoms with E-state index in [0.717, 1.165) is 36.9 Å². The predicted molar refractivity (Wildman–Crippen MR) is 80.1 cm³/mol. The Morgan fingerprint density at radius 3 is 2.47 bits per heavy atom. The summed E-state index contributed by atoms with van der Waals surface area (Å²) in [4.78, 5) is 0. The first-order valence-electron chi connectivity index (χ1n) is 8.68. The highest BCUT2D eigenvalue weighted by Gasteiger charge is 2.36. The third-order valence-electron chi connectivity index (χ3n) is 5.66. The zero-order valence-corrected chi connectivity index (χ0v) is 12.4. The lowest BCUT2D eigenvalue weighted by atomic mass is 9.87. The highest BCUT2D eigenvalue weighted by molar-refractivity contribution is 5.02. The molecule has 4 atom stereocenters. The Morgan fingerprint density at radius 1 is 0.737 bits per heavy atom. The second-order valence-electron chi connectivity index (χ2n) is 7.04. The molecule has 3 aliphatic rings. The zero-order chi connectivity index (χ0) is 12.9. The molecule has 0 radical (unpaired) electrons. The van der Waals surface area contributed by atoms with Crippen LogP contribution in [0.15, 0.2) is 12.2 Å². The lowest BCUT2D eigenvalue weighted by molar-refractivity contribution is 0.156. The van der Waals surface area contributed by atoms with Gasteiger partial charge in [0.05, 0.1) is 6.61 Å². The Bertz CT molecular complexity index is 296. The van der Waals surface area contributed by atoms with Crippen LogP contribution in [0.4, 0.5) is 0 Å². The van der Waals surface area contributed by atoms with E-state index >= 15 is 0 Å². The molecule has 3 rings (SSSR count). The predicted octanol–water partition coefficient (Wildman–Crippen LogP) is 4.97. The number of rotatable bonds is 0. The normalized spacial score (nSPS) is 42.5. The van der Waals surface area contributed by atoms with Crippen LogP contribution in [0, 0.1) is 23.7 Å². The van der Waals surface area contributed by atoms with Crippen LogP contribution in [0.3, 0.4) is 0 Å². The van der Waals surface area contributed by atoms with Gasteiger partial charge in [0, 0.05) is 6.61 Å². The molecule has 0 aromatic heterocycles. The highest BCUT2D eigenvalue weighted by atomic mass is 16.5. The van der Waals surface area contributed by atoms with Crippen LogP contribution in [0.25, 0.3) is 0 Å². The molecular weight excluding hydrogens is 232 g/mol. The van der Waals surface area contributed by atoms with E-state index in [0.29, 0.717) is 0 Å². The van der Waals surface area contributed by atoms with E-state index in [-0.39, 0.29) is 0 Å². The van der Waals surface area contributed by atoms with Crippen LogP contribution in [0.1, 0.15) is 64.2 Å². The third-order valence-corrected chi connectivity index (χ3v) is 5.66. The summed E-state index contributed by atoms with van der Waals surface area (Å²) in [5, 5.41) is 0. The zero-order valence-electron chi connectivity index (χ0n) is 12.4. The highest BCUT2D eigenvalue weighted by Crippen LogP contribution is 2.46. The van der Waals surface area contributed by atoms with Crippen LogP contribution in [-0.4, -0.2) is 13.2 Å². The lowest BCUT2D eigenvalue weighted by Gasteiger charge is -2.19. The van der Waals surface area contributed by atoms with Crippen molar-refractivity contribution < 1.29 is 4.74 Å². The maximum Gasteiger partial charge on any atom is 0.0647 e. The average Bonchev–Trinajstić information content (AvgIpc) is 3.01. The van der Waals surface area contributed by atoms with E-state index in [1.165, 1.54) is 64.2 Å². The maximum absolute atomic E-state index is 5.68. The summed E-state index contributed by atoms with van der Waals surface area (Å²) in [6, 6.07) is 0. The fourth-order valence-corrected chi connectivity index (χ4v) is 4.31. The van der Waals surface area contributed by atoms with Gasteiger partial charge in [0.15, 0.2) is 0 Å². The molecule has 19 heavy (non-hydrogen) atoms. The van der Waals surface area contributed by atoms with Crippen molar-refractivity contribution in [3.8, 4) is 0 Å². The SMILES string of the molecule is C1=C\C2CC2CCC2CCCC2CCCCCOC/1. The quantitative estimate of drug-likeness (QED) is 0.560. The van der Waals surface area contributed by atoms with Gasteiger partial charge < -0.3 is 4.74 Å². The molecule has 0 aromatic carbocycles. The molecule has 1 heterocycles. The fraction of sp³-hybridized carbons (Fsp3) is 0.889. The van der Waals surface area contributed by atoms with E-state index in [9.17, 15) is 0 Å². The molecule has 108 valence electrons. The lowest BCUT2D eigenvalue weighted by Crippen LogP contribution is -2.08. The van der Waals surface area contributed by atoms with Gasteiger partial charge in [-0.15, -0.1) is 0 Å². The Hall–Kier alpha value is -0.300. The number of hydrogen-bond acceptors (Lipinski definition) is 1. The summed E-state index contributed by atoms with van der Waals surface area (Å²) in [5.41, 5.74) is 0. The topological polar surface area (TPSA) is 9.23 Å². The van der Waals surface area contributed by atoms with Crippen molar-refractivity contribution in [2.45, 2.75) is 64.2 Å². The number of fused-ring (bicyclic) bond motifs is 2. The van der Waals surface area contributed by atoms with Gasteiger partial charge in [0.25, 0.3) is 0 Å². The first-order chi connectivity index (χ1) is 9.43. The second kappa shape index (κ2) is 6.92. The molecule has 1 aliphatic heterocycles. The molecular formula is C18H30O. The summed E-state index contributed by atoms with van der Waals surface area (Å²) < 4.78 is 5.68. The van der Waals surface area contributed by atoms with Crippen LogP contribution in [0.2, 0.25) is 0 Å². The van der Waals surface area contributed by atoms with Gasteiger partial charge in [-0.2, -0.15) is 0 Å². The molecule has 0 amide bonds. The van der Waals surface area contributed by atoms with Gasteiger partial charge >= 0.3 is 0 Å². The molecule has 0 N–H and O–H groups in total. The Morgan fingerprint density at radius 2 is 1.53 bits per heavy atom. The smallest absolute Gasteiger partial charge is 0.0647 e. The minimum absolute atomic E-state index is 0.842. The van der Waals surface area contributed by atoms with Gasteiger partial charge in [0.2, 0.25) is 0 Å². The van der Waals surface area contributed by atoms with Crippen molar-refractivity contribution in [1.82, 2.24) is 0 Å². The van der Waals surface area contributed by atoms with Crippen LogP contribution in [0.5, 0.6) is 0 Å². The molecule has 0 saturated heterocycles. The Labute approximate surface area is 118 Å². The van der Waals surface area contributed by atoms with Crippen molar-refractivity contribution in [1.29, 1.82) is 0 Å². The molecule has 0 aromatic rings. The van der Waals surface area contributed by atoms with E-state index in [1.54, 1.807) is 0 Å². The summed E-state index contributed by atoms with van der Waals surface area (Å²) in [7, 11) is 0. The van der Waals surface area contributed by atoms with Crippen LogP contribution < -0.4 is 0 Å². The molecule has 0 spiro atoms. The van der Waals surface area contributed by atoms with Crippen LogP contribution >= 0.6 is 0 Å². The molecule has 2 saturated carbocycles. The first-order valence-corrected chi connectivity index (χ1v) is 8.68. The van der Waals surface area contributed by atoms with Gasteiger partial charge in [-0.25, -0.2) is 0 Å². The summed E-state index contributed by atoms with van der Waals surface area (Å²) in [5.74, 6) is 4.06. The van der Waals surface area contributed by atoms with Gasteiger partial charge in [-0.3, -0.25) is 0 Å². The van der Waals surface area contributed by atoms with Crippen molar-refractivity contribution >= 4 is 0 Å². The molecule has 1 nitrogen and oxygen atoms in total. The van der Waals surface area contributed by atoms with Gasteiger partial charge in [-0.1, -0.05) is 50.7 Å². The van der Waals surface area contributed by atoms with Gasteiger partial charge in [0.1, 0.15) is 0 Å². The summed E-state index contributed by atoms with van der Waals surface area (Å²) in [6.07, 6.45) is 19.3. The van der Waals surface area contributed by atoms with Crippen molar-refractivity contribution in [2.75, 3.05) is 13.2 Å². The fourth-order valence-electron chi connectivity index (χ4n) is 4.31. The second-order valence-corrected chi connectivity index (χ2v) is 7.04. The minimum Gasteiger partial charge on any atom is -0.377 e.